The average Bonchev–Trinajstić information content (AvgIpc) is 2.79. The first kappa shape index (κ1) is 22.7. The maximum Gasteiger partial charge on any atom is 0.133 e. The van der Waals surface area contributed by atoms with Crippen LogP contribution in [-0.4, -0.2) is 39.8 Å². The summed E-state index contributed by atoms with van der Waals surface area (Å²) in [6.07, 6.45) is 4.98. The molecule has 3 rings (SSSR count). The maximum absolute atomic E-state index is 4.75. The van der Waals surface area contributed by atoms with Crippen LogP contribution in [0.4, 0.5) is 5.82 Å². The van der Waals surface area contributed by atoms with Crippen molar-refractivity contribution in [3.05, 3.63) is 34.0 Å². The maximum atomic E-state index is 4.75. The standard InChI is InChI=1S/C18H28N6.2ClH/c1-4-17-21-16-8-11-19-10-7-15(16)18(22-17)20-9-5-6-14-12(2)23-24-13(14)3;;/h19H,4-11H2,1-3H3,(H,23,24)(H,20,21,22);2*1H. The highest BCUT2D eigenvalue weighted by Crippen LogP contribution is 2.20. The van der Waals surface area contributed by atoms with E-state index in [-0.39, 0.29) is 24.8 Å². The fourth-order valence-corrected chi connectivity index (χ4v) is 3.31. The summed E-state index contributed by atoms with van der Waals surface area (Å²) in [5, 5.41) is 14.3. The lowest BCUT2D eigenvalue weighted by Gasteiger charge is -2.14. The van der Waals surface area contributed by atoms with Crippen molar-refractivity contribution in [1.82, 2.24) is 25.5 Å². The van der Waals surface area contributed by atoms with Crippen LogP contribution in [0.2, 0.25) is 0 Å². The molecule has 0 aromatic carbocycles. The fraction of sp³-hybridized carbons (Fsp3) is 0.611. The summed E-state index contributed by atoms with van der Waals surface area (Å²) in [6.45, 7) is 9.20. The molecule has 0 unspecified atom stereocenters. The zero-order chi connectivity index (χ0) is 16.9. The quantitative estimate of drug-likeness (QED) is 0.649. The van der Waals surface area contributed by atoms with E-state index in [0.717, 1.165) is 69.1 Å². The van der Waals surface area contributed by atoms with Gasteiger partial charge in [0.1, 0.15) is 11.6 Å². The summed E-state index contributed by atoms with van der Waals surface area (Å²) in [6, 6.07) is 0. The summed E-state index contributed by atoms with van der Waals surface area (Å²) in [5.41, 5.74) is 6.16. The van der Waals surface area contributed by atoms with Gasteiger partial charge in [-0.1, -0.05) is 6.92 Å². The SMILES string of the molecule is CCc1nc2c(c(NCCCc3c(C)n[nH]c3C)n1)CCNCC2.Cl.Cl. The van der Waals surface area contributed by atoms with E-state index in [2.05, 4.69) is 41.6 Å². The summed E-state index contributed by atoms with van der Waals surface area (Å²) in [5.74, 6) is 1.99. The molecule has 1 aliphatic rings. The van der Waals surface area contributed by atoms with Crippen molar-refractivity contribution >= 4 is 30.6 Å². The van der Waals surface area contributed by atoms with Gasteiger partial charge in [-0.15, -0.1) is 24.8 Å². The van der Waals surface area contributed by atoms with E-state index in [4.69, 9.17) is 9.97 Å². The molecule has 3 N–H and O–H groups in total. The van der Waals surface area contributed by atoms with E-state index in [1.807, 2.05) is 0 Å². The van der Waals surface area contributed by atoms with Gasteiger partial charge in [0.25, 0.3) is 0 Å². The van der Waals surface area contributed by atoms with Crippen molar-refractivity contribution in [2.75, 3.05) is 25.0 Å². The van der Waals surface area contributed by atoms with E-state index < -0.39 is 0 Å². The van der Waals surface area contributed by atoms with Crippen LogP contribution in [0.15, 0.2) is 0 Å². The Bertz CT molecular complexity index is 682. The normalized spacial score (nSPS) is 13.2. The Morgan fingerprint density at radius 3 is 2.54 bits per heavy atom. The third-order valence-electron chi connectivity index (χ3n) is 4.72. The first-order valence-electron chi connectivity index (χ1n) is 9.02. The minimum atomic E-state index is 0. The molecule has 0 saturated heterocycles. The minimum absolute atomic E-state index is 0. The Kier molecular flexibility index (Phi) is 9.33. The molecule has 0 amide bonds. The second-order valence-electron chi connectivity index (χ2n) is 6.46. The van der Waals surface area contributed by atoms with Crippen LogP contribution < -0.4 is 10.6 Å². The number of H-pyrrole nitrogens is 1. The number of aromatic nitrogens is 4. The molecule has 0 fully saturated rings. The van der Waals surface area contributed by atoms with Gasteiger partial charge in [-0.05, 0) is 45.2 Å². The van der Waals surface area contributed by atoms with Gasteiger partial charge in [-0.25, -0.2) is 9.97 Å². The molecule has 8 heteroatoms. The molecule has 2 aromatic rings. The van der Waals surface area contributed by atoms with E-state index >= 15 is 0 Å². The third-order valence-corrected chi connectivity index (χ3v) is 4.72. The van der Waals surface area contributed by atoms with Crippen LogP contribution in [-0.2, 0) is 25.7 Å². The first-order valence-corrected chi connectivity index (χ1v) is 9.02. The van der Waals surface area contributed by atoms with Crippen LogP contribution in [0.25, 0.3) is 0 Å². The topological polar surface area (TPSA) is 78.5 Å². The minimum Gasteiger partial charge on any atom is -0.370 e. The predicted molar refractivity (Wildman–Crippen MR) is 111 cm³/mol. The molecule has 0 radical (unpaired) electrons. The highest BCUT2D eigenvalue weighted by Gasteiger charge is 2.16. The van der Waals surface area contributed by atoms with Gasteiger partial charge in [0, 0.05) is 37.2 Å². The summed E-state index contributed by atoms with van der Waals surface area (Å²) >= 11 is 0. The summed E-state index contributed by atoms with van der Waals surface area (Å²) in [7, 11) is 0. The molecule has 2 aromatic heterocycles. The number of anilines is 1. The van der Waals surface area contributed by atoms with Gasteiger partial charge in [0.05, 0.1) is 11.4 Å². The van der Waals surface area contributed by atoms with Crippen molar-refractivity contribution < 1.29 is 0 Å². The Morgan fingerprint density at radius 1 is 1.08 bits per heavy atom. The highest BCUT2D eigenvalue weighted by atomic mass is 35.5. The Balaban J connectivity index is 0.00000169. The zero-order valence-electron chi connectivity index (χ0n) is 15.8. The molecule has 3 heterocycles. The molecule has 26 heavy (non-hydrogen) atoms. The van der Waals surface area contributed by atoms with E-state index in [1.54, 1.807) is 0 Å². The van der Waals surface area contributed by atoms with Gasteiger partial charge in [0.15, 0.2) is 0 Å². The molecule has 0 saturated carbocycles. The highest BCUT2D eigenvalue weighted by molar-refractivity contribution is 5.85. The van der Waals surface area contributed by atoms with Gasteiger partial charge in [-0.3, -0.25) is 5.10 Å². The van der Waals surface area contributed by atoms with Gasteiger partial charge >= 0.3 is 0 Å². The van der Waals surface area contributed by atoms with Crippen LogP contribution in [0.1, 0.15) is 47.4 Å². The molecule has 0 atom stereocenters. The largest absolute Gasteiger partial charge is 0.370 e. The van der Waals surface area contributed by atoms with Crippen molar-refractivity contribution in [1.29, 1.82) is 0 Å². The number of nitrogens with zero attached hydrogens (tertiary/aromatic N) is 3. The lowest BCUT2D eigenvalue weighted by Crippen LogP contribution is -2.16. The lowest BCUT2D eigenvalue weighted by atomic mass is 10.1. The van der Waals surface area contributed by atoms with Crippen molar-refractivity contribution in [3.8, 4) is 0 Å². The van der Waals surface area contributed by atoms with Crippen LogP contribution in [0.3, 0.4) is 0 Å². The first-order chi connectivity index (χ1) is 11.7. The third kappa shape index (κ3) is 5.32. The van der Waals surface area contributed by atoms with Crippen molar-refractivity contribution in [3.63, 3.8) is 0 Å². The Hall–Kier alpha value is -1.37. The summed E-state index contributed by atoms with van der Waals surface area (Å²) in [4.78, 5) is 9.49. The van der Waals surface area contributed by atoms with E-state index in [9.17, 15) is 0 Å². The van der Waals surface area contributed by atoms with Crippen molar-refractivity contribution in [2.24, 2.45) is 0 Å². The second-order valence-corrected chi connectivity index (χ2v) is 6.46. The van der Waals surface area contributed by atoms with E-state index in [1.165, 1.54) is 22.5 Å². The van der Waals surface area contributed by atoms with Crippen LogP contribution >= 0.6 is 24.8 Å². The number of aromatic amines is 1. The molecule has 0 spiro atoms. The molecule has 0 bridgehead atoms. The zero-order valence-corrected chi connectivity index (χ0v) is 17.4. The van der Waals surface area contributed by atoms with Gasteiger partial charge < -0.3 is 10.6 Å². The number of hydrogen-bond acceptors (Lipinski definition) is 5. The second kappa shape index (κ2) is 10.7. The number of hydrogen-bond donors (Lipinski definition) is 3. The number of fused-ring (bicyclic) bond motifs is 1. The molecule has 6 nitrogen and oxygen atoms in total. The predicted octanol–water partition coefficient (Wildman–Crippen LogP) is 2.96. The molecule has 1 aliphatic heterocycles. The molecular weight excluding hydrogens is 371 g/mol. The van der Waals surface area contributed by atoms with E-state index in [0.29, 0.717) is 0 Å². The van der Waals surface area contributed by atoms with Crippen LogP contribution in [0.5, 0.6) is 0 Å². The monoisotopic (exact) mass is 400 g/mol. The lowest BCUT2D eigenvalue weighted by molar-refractivity contribution is 0.708. The Morgan fingerprint density at radius 2 is 1.85 bits per heavy atom. The van der Waals surface area contributed by atoms with Crippen LogP contribution in [0, 0.1) is 13.8 Å². The molecule has 146 valence electrons. The number of nitrogens with one attached hydrogen (secondary N) is 3. The number of halogens is 2. The van der Waals surface area contributed by atoms with Gasteiger partial charge in [0.2, 0.25) is 0 Å². The summed E-state index contributed by atoms with van der Waals surface area (Å²) < 4.78 is 0. The molecular formula is C18H30Cl2N6. The molecule has 0 aliphatic carbocycles. The van der Waals surface area contributed by atoms with Gasteiger partial charge in [-0.2, -0.15) is 5.10 Å². The fourth-order valence-electron chi connectivity index (χ4n) is 3.31. The Labute approximate surface area is 168 Å². The average molecular weight is 401 g/mol. The van der Waals surface area contributed by atoms with Crippen molar-refractivity contribution in [2.45, 2.75) is 52.9 Å². The number of aryl methyl sites for hydroxylation is 3. The number of rotatable bonds is 6. The smallest absolute Gasteiger partial charge is 0.133 e.